The number of carbonyl (C=O) groups is 1. The zero-order chi connectivity index (χ0) is 16.2. The van der Waals surface area contributed by atoms with Crippen LogP contribution in [0.3, 0.4) is 0 Å². The maximum Gasteiger partial charge on any atom is 0.233 e. The zero-order valence-electron chi connectivity index (χ0n) is 13.7. The van der Waals surface area contributed by atoms with Crippen LogP contribution in [-0.2, 0) is 11.8 Å². The van der Waals surface area contributed by atoms with Crippen LogP contribution >= 0.6 is 11.8 Å². The fourth-order valence-corrected chi connectivity index (χ4v) is 3.89. The molecule has 0 radical (unpaired) electrons. The monoisotopic (exact) mass is 329 g/mol. The first kappa shape index (κ1) is 16.1. The Kier molecular flexibility index (Phi) is 5.06. The molecule has 1 saturated heterocycles. The number of hydrogen-bond acceptors (Lipinski definition) is 3. The molecule has 5 heteroatoms. The third-order valence-corrected chi connectivity index (χ3v) is 5.38. The van der Waals surface area contributed by atoms with Crippen LogP contribution < -0.4 is 0 Å². The molecule has 122 valence electrons. The number of piperidine rings is 1. The Hall–Kier alpha value is -1.75. The summed E-state index contributed by atoms with van der Waals surface area (Å²) in [5.41, 5.74) is 2.22. The molecule has 3 rings (SSSR count). The molecule has 0 bridgehead atoms. The Morgan fingerprint density at radius 2 is 2.13 bits per heavy atom. The summed E-state index contributed by atoms with van der Waals surface area (Å²) in [4.78, 5) is 18.9. The topological polar surface area (TPSA) is 38.1 Å². The highest BCUT2D eigenvalue weighted by Gasteiger charge is 2.21. The molecule has 0 saturated carbocycles. The molecule has 23 heavy (non-hydrogen) atoms. The second kappa shape index (κ2) is 7.21. The zero-order valence-corrected chi connectivity index (χ0v) is 14.6. The summed E-state index contributed by atoms with van der Waals surface area (Å²) in [5.74, 6) is 1.31. The number of amides is 1. The van der Waals surface area contributed by atoms with Gasteiger partial charge in [0.15, 0.2) is 5.16 Å². The summed E-state index contributed by atoms with van der Waals surface area (Å²) in [5, 5.41) is 0.891. The molecule has 2 aromatic rings. The lowest BCUT2D eigenvalue weighted by Crippen LogP contribution is -2.40. The molecule has 1 aromatic heterocycles. The molecule has 1 fully saturated rings. The summed E-state index contributed by atoms with van der Waals surface area (Å²) < 4.78 is 2.06. The van der Waals surface area contributed by atoms with Crippen LogP contribution in [0.25, 0.3) is 11.3 Å². The Morgan fingerprint density at radius 1 is 1.35 bits per heavy atom. The van der Waals surface area contributed by atoms with Gasteiger partial charge in [0.1, 0.15) is 0 Å². The first-order valence-corrected chi connectivity index (χ1v) is 9.11. The van der Waals surface area contributed by atoms with E-state index in [1.54, 1.807) is 0 Å². The third kappa shape index (κ3) is 3.78. The van der Waals surface area contributed by atoms with Crippen molar-refractivity contribution < 1.29 is 4.79 Å². The van der Waals surface area contributed by atoms with Crippen molar-refractivity contribution in [2.75, 3.05) is 18.8 Å². The minimum atomic E-state index is 0.228. The van der Waals surface area contributed by atoms with Crippen molar-refractivity contribution in [1.82, 2.24) is 14.5 Å². The van der Waals surface area contributed by atoms with Crippen molar-refractivity contribution in [2.45, 2.75) is 24.9 Å². The van der Waals surface area contributed by atoms with Crippen LogP contribution in [0.4, 0.5) is 0 Å². The average molecular weight is 329 g/mol. The van der Waals surface area contributed by atoms with Gasteiger partial charge in [-0.3, -0.25) is 4.79 Å². The molecule has 4 nitrogen and oxygen atoms in total. The van der Waals surface area contributed by atoms with Gasteiger partial charge in [-0.05, 0) is 24.3 Å². The van der Waals surface area contributed by atoms with Gasteiger partial charge in [-0.25, -0.2) is 4.98 Å². The van der Waals surface area contributed by atoms with E-state index in [1.807, 2.05) is 36.3 Å². The van der Waals surface area contributed by atoms with Crippen molar-refractivity contribution in [3.8, 4) is 11.3 Å². The van der Waals surface area contributed by atoms with Crippen molar-refractivity contribution in [2.24, 2.45) is 13.0 Å². The minimum Gasteiger partial charge on any atom is -0.342 e. The van der Waals surface area contributed by atoms with E-state index in [-0.39, 0.29) is 5.91 Å². The number of benzene rings is 1. The first-order chi connectivity index (χ1) is 11.1. The fourth-order valence-electron chi connectivity index (χ4n) is 3.04. The number of thioether (sulfide) groups is 1. The lowest BCUT2D eigenvalue weighted by atomic mass is 10.0. The Bertz CT molecular complexity index is 668. The van der Waals surface area contributed by atoms with Crippen LogP contribution in [0.5, 0.6) is 0 Å². The van der Waals surface area contributed by atoms with E-state index in [1.165, 1.54) is 18.2 Å². The van der Waals surface area contributed by atoms with E-state index in [2.05, 4.69) is 28.6 Å². The summed E-state index contributed by atoms with van der Waals surface area (Å²) in [7, 11) is 2.01. The SMILES string of the molecule is CC1CCCN(C(=O)CSc2ncc(-c3ccccc3)n2C)C1. The highest BCUT2D eigenvalue weighted by Crippen LogP contribution is 2.25. The molecule has 1 aliphatic heterocycles. The number of likely N-dealkylation sites (tertiary alicyclic amines) is 1. The third-order valence-electron chi connectivity index (χ3n) is 4.35. The standard InChI is InChI=1S/C18H23N3OS/c1-14-7-6-10-21(12-14)17(22)13-23-18-19-11-16(20(18)2)15-8-4-3-5-9-15/h3-5,8-9,11,14H,6-7,10,12-13H2,1-2H3. The van der Waals surface area contributed by atoms with Crippen LogP contribution in [0, 0.1) is 5.92 Å². The van der Waals surface area contributed by atoms with Crippen molar-refractivity contribution in [1.29, 1.82) is 0 Å². The van der Waals surface area contributed by atoms with Gasteiger partial charge in [0.2, 0.25) is 5.91 Å². The van der Waals surface area contributed by atoms with Crippen LogP contribution in [-0.4, -0.2) is 39.2 Å². The van der Waals surface area contributed by atoms with E-state index in [0.29, 0.717) is 11.7 Å². The summed E-state index contributed by atoms with van der Waals surface area (Å²) >= 11 is 1.53. The number of nitrogens with zero attached hydrogens (tertiary/aromatic N) is 3. The summed E-state index contributed by atoms with van der Waals surface area (Å²) in [6, 6.07) is 10.2. The molecule has 0 aliphatic carbocycles. The maximum atomic E-state index is 12.4. The lowest BCUT2D eigenvalue weighted by molar-refractivity contribution is -0.130. The Morgan fingerprint density at radius 3 is 2.87 bits per heavy atom. The van der Waals surface area contributed by atoms with E-state index in [4.69, 9.17) is 0 Å². The normalized spacial score (nSPS) is 18.2. The van der Waals surface area contributed by atoms with Gasteiger partial charge in [0.05, 0.1) is 17.6 Å². The maximum absolute atomic E-state index is 12.4. The number of carbonyl (C=O) groups excluding carboxylic acids is 1. The Labute approximate surface area is 141 Å². The van der Waals surface area contributed by atoms with Crippen LogP contribution in [0.15, 0.2) is 41.7 Å². The summed E-state index contributed by atoms with van der Waals surface area (Å²) in [6.07, 6.45) is 4.24. The van der Waals surface area contributed by atoms with Crippen molar-refractivity contribution in [3.05, 3.63) is 36.5 Å². The molecule has 1 atom stereocenters. The Balaban J connectivity index is 1.63. The highest BCUT2D eigenvalue weighted by molar-refractivity contribution is 7.99. The quantitative estimate of drug-likeness (QED) is 0.807. The van der Waals surface area contributed by atoms with Gasteiger partial charge in [-0.2, -0.15) is 0 Å². The molecule has 1 aliphatic rings. The van der Waals surface area contributed by atoms with Crippen LogP contribution in [0.1, 0.15) is 19.8 Å². The van der Waals surface area contributed by atoms with Gasteiger partial charge in [-0.1, -0.05) is 49.0 Å². The van der Waals surface area contributed by atoms with Gasteiger partial charge in [0.25, 0.3) is 0 Å². The molecule has 2 heterocycles. The minimum absolute atomic E-state index is 0.228. The highest BCUT2D eigenvalue weighted by atomic mass is 32.2. The largest absolute Gasteiger partial charge is 0.342 e. The predicted octanol–water partition coefficient (Wildman–Crippen LogP) is 3.44. The lowest BCUT2D eigenvalue weighted by Gasteiger charge is -2.30. The average Bonchev–Trinajstić information content (AvgIpc) is 2.94. The van der Waals surface area contributed by atoms with Gasteiger partial charge in [0, 0.05) is 20.1 Å². The molecular formula is C18H23N3OS. The number of rotatable bonds is 4. The predicted molar refractivity (Wildman–Crippen MR) is 94.3 cm³/mol. The van der Waals surface area contributed by atoms with E-state index >= 15 is 0 Å². The van der Waals surface area contributed by atoms with E-state index in [9.17, 15) is 4.79 Å². The van der Waals surface area contributed by atoms with Crippen LogP contribution in [0.2, 0.25) is 0 Å². The molecule has 0 N–H and O–H groups in total. The van der Waals surface area contributed by atoms with E-state index < -0.39 is 0 Å². The van der Waals surface area contributed by atoms with Crippen molar-refractivity contribution >= 4 is 17.7 Å². The first-order valence-electron chi connectivity index (χ1n) is 8.13. The van der Waals surface area contributed by atoms with Gasteiger partial charge < -0.3 is 9.47 Å². The molecule has 1 amide bonds. The molecular weight excluding hydrogens is 306 g/mol. The summed E-state index contributed by atoms with van der Waals surface area (Å²) in [6.45, 7) is 4.02. The van der Waals surface area contributed by atoms with Gasteiger partial charge >= 0.3 is 0 Å². The smallest absolute Gasteiger partial charge is 0.233 e. The second-order valence-corrected chi connectivity index (χ2v) is 7.17. The van der Waals surface area contributed by atoms with E-state index in [0.717, 1.165) is 35.9 Å². The second-order valence-electron chi connectivity index (χ2n) is 6.23. The van der Waals surface area contributed by atoms with Crippen molar-refractivity contribution in [3.63, 3.8) is 0 Å². The number of aromatic nitrogens is 2. The van der Waals surface area contributed by atoms with Gasteiger partial charge in [-0.15, -0.1) is 0 Å². The fraction of sp³-hybridized carbons (Fsp3) is 0.444. The number of imidazole rings is 1. The molecule has 1 unspecified atom stereocenters. The number of hydrogen-bond donors (Lipinski definition) is 0. The molecule has 1 aromatic carbocycles. The molecule has 0 spiro atoms.